The van der Waals surface area contributed by atoms with Gasteiger partial charge in [-0.3, -0.25) is 9.25 Å². The molecule has 29 heavy (non-hydrogen) atoms. The van der Waals surface area contributed by atoms with Gasteiger partial charge in [-0.05, 0) is 37.3 Å². The molecule has 5 nitrogen and oxygen atoms in total. The van der Waals surface area contributed by atoms with Crippen molar-refractivity contribution in [3.05, 3.63) is 70.3 Å². The van der Waals surface area contributed by atoms with Gasteiger partial charge in [-0.2, -0.15) is 5.10 Å². The standard InChI is InChI=1S/C20H14Cl2FN3O2S/c1-2-25-10-12(9-24-25)26-17-14(6-7-15(21)16(17)23)18(19(26)22)29-13-5-3-4-11(8-13)20(27)28/h3-10H,2H2,1H3,(H,27,28). The number of carbonyl (C=O) groups is 1. The van der Waals surface area contributed by atoms with E-state index in [1.165, 1.54) is 23.9 Å². The molecular formula is C20H14Cl2FN3O2S. The summed E-state index contributed by atoms with van der Waals surface area (Å²) >= 11 is 14.0. The van der Waals surface area contributed by atoms with Crippen LogP contribution < -0.4 is 0 Å². The van der Waals surface area contributed by atoms with Crippen molar-refractivity contribution < 1.29 is 14.3 Å². The van der Waals surface area contributed by atoms with Crippen LogP contribution in [-0.2, 0) is 6.54 Å². The molecule has 2 aromatic carbocycles. The molecule has 0 atom stereocenters. The van der Waals surface area contributed by atoms with Gasteiger partial charge in [-0.15, -0.1) is 0 Å². The minimum absolute atomic E-state index is 0.0137. The molecule has 0 bridgehead atoms. The molecule has 2 aromatic heterocycles. The number of halogens is 3. The average molecular weight is 450 g/mol. The Labute approximate surface area is 179 Å². The first-order chi connectivity index (χ1) is 13.9. The maximum absolute atomic E-state index is 15.0. The van der Waals surface area contributed by atoms with E-state index in [2.05, 4.69) is 5.10 Å². The highest BCUT2D eigenvalue weighted by atomic mass is 35.5. The van der Waals surface area contributed by atoms with E-state index in [1.807, 2.05) is 6.92 Å². The second-order valence-corrected chi connectivity index (χ2v) is 8.05. The average Bonchev–Trinajstić information content (AvgIpc) is 3.28. The second-order valence-electron chi connectivity index (χ2n) is 6.20. The van der Waals surface area contributed by atoms with E-state index >= 15 is 4.39 Å². The lowest BCUT2D eigenvalue weighted by atomic mass is 10.2. The number of hydrogen-bond donors (Lipinski definition) is 1. The van der Waals surface area contributed by atoms with Gasteiger partial charge in [0.25, 0.3) is 0 Å². The van der Waals surface area contributed by atoms with Crippen LogP contribution in [0, 0.1) is 5.82 Å². The number of rotatable bonds is 5. The first-order valence-corrected chi connectivity index (χ1v) is 10.2. The van der Waals surface area contributed by atoms with Crippen molar-refractivity contribution in [3.63, 3.8) is 0 Å². The van der Waals surface area contributed by atoms with E-state index in [1.54, 1.807) is 45.9 Å². The number of nitrogens with zero attached hydrogens (tertiary/aromatic N) is 3. The summed E-state index contributed by atoms with van der Waals surface area (Å²) in [4.78, 5) is 12.5. The number of aromatic nitrogens is 3. The van der Waals surface area contributed by atoms with Gasteiger partial charge < -0.3 is 5.11 Å². The van der Waals surface area contributed by atoms with Crippen LogP contribution in [0.15, 0.2) is 58.6 Å². The summed E-state index contributed by atoms with van der Waals surface area (Å²) < 4.78 is 18.3. The third-order valence-electron chi connectivity index (χ3n) is 4.42. The first kappa shape index (κ1) is 19.8. The zero-order valence-electron chi connectivity index (χ0n) is 15.1. The number of fused-ring (bicyclic) bond motifs is 1. The lowest BCUT2D eigenvalue weighted by Crippen LogP contribution is -1.96. The zero-order chi connectivity index (χ0) is 20.7. The van der Waals surface area contributed by atoms with Gasteiger partial charge in [0, 0.05) is 23.0 Å². The van der Waals surface area contributed by atoms with Gasteiger partial charge in [0.15, 0.2) is 5.82 Å². The van der Waals surface area contributed by atoms with Gasteiger partial charge in [0.05, 0.1) is 32.9 Å². The van der Waals surface area contributed by atoms with E-state index in [9.17, 15) is 9.90 Å². The van der Waals surface area contributed by atoms with Crippen molar-refractivity contribution in [2.24, 2.45) is 0 Å². The largest absolute Gasteiger partial charge is 0.478 e. The summed E-state index contributed by atoms with van der Waals surface area (Å²) in [6.07, 6.45) is 3.37. The third kappa shape index (κ3) is 3.50. The van der Waals surface area contributed by atoms with Crippen LogP contribution >= 0.6 is 35.0 Å². The quantitative estimate of drug-likeness (QED) is 0.397. The molecule has 9 heteroatoms. The number of aryl methyl sites for hydroxylation is 1. The molecule has 0 aliphatic heterocycles. The van der Waals surface area contributed by atoms with Crippen LogP contribution in [-0.4, -0.2) is 25.4 Å². The van der Waals surface area contributed by atoms with Crippen molar-refractivity contribution in [2.75, 3.05) is 0 Å². The van der Waals surface area contributed by atoms with E-state index in [0.717, 1.165) is 0 Å². The zero-order valence-corrected chi connectivity index (χ0v) is 17.4. The Balaban J connectivity index is 1.93. The van der Waals surface area contributed by atoms with Gasteiger partial charge in [-0.1, -0.05) is 41.0 Å². The summed E-state index contributed by atoms with van der Waals surface area (Å²) in [6, 6.07) is 9.67. The Kier molecular flexibility index (Phi) is 5.29. The van der Waals surface area contributed by atoms with E-state index < -0.39 is 11.8 Å². The molecule has 2 heterocycles. The first-order valence-electron chi connectivity index (χ1n) is 8.62. The fourth-order valence-electron chi connectivity index (χ4n) is 3.04. The fourth-order valence-corrected chi connectivity index (χ4v) is 4.61. The van der Waals surface area contributed by atoms with Crippen molar-refractivity contribution in [1.82, 2.24) is 14.3 Å². The van der Waals surface area contributed by atoms with Gasteiger partial charge in [-0.25, -0.2) is 9.18 Å². The summed E-state index contributed by atoms with van der Waals surface area (Å²) in [7, 11) is 0. The lowest BCUT2D eigenvalue weighted by Gasteiger charge is -2.05. The molecule has 0 aliphatic carbocycles. The van der Waals surface area contributed by atoms with Gasteiger partial charge in [0.2, 0.25) is 0 Å². The highest BCUT2D eigenvalue weighted by Crippen LogP contribution is 2.44. The molecule has 0 saturated carbocycles. The molecule has 4 aromatic rings. The predicted octanol–water partition coefficient (Wildman–Crippen LogP) is 6.14. The minimum atomic E-state index is -1.02. The Bertz CT molecular complexity index is 1250. The monoisotopic (exact) mass is 449 g/mol. The Hall–Kier alpha value is -2.48. The van der Waals surface area contributed by atoms with Crippen LogP contribution in [0.4, 0.5) is 4.39 Å². The smallest absolute Gasteiger partial charge is 0.335 e. The van der Waals surface area contributed by atoms with E-state index in [-0.39, 0.29) is 16.1 Å². The molecule has 0 saturated heterocycles. The summed E-state index contributed by atoms with van der Waals surface area (Å²) in [5.74, 6) is -1.60. The third-order valence-corrected chi connectivity index (χ3v) is 6.29. The SMILES string of the molecule is CCn1cc(-n2c(Cl)c(Sc3cccc(C(=O)O)c3)c3ccc(Cl)c(F)c32)cn1. The highest BCUT2D eigenvalue weighted by Gasteiger charge is 2.23. The van der Waals surface area contributed by atoms with Crippen molar-refractivity contribution in [3.8, 4) is 5.69 Å². The number of carboxylic acids is 1. The van der Waals surface area contributed by atoms with Gasteiger partial charge >= 0.3 is 5.97 Å². The minimum Gasteiger partial charge on any atom is -0.478 e. The highest BCUT2D eigenvalue weighted by molar-refractivity contribution is 7.99. The maximum atomic E-state index is 15.0. The Morgan fingerprint density at radius 3 is 2.76 bits per heavy atom. The van der Waals surface area contributed by atoms with Crippen LogP contribution in [0.3, 0.4) is 0 Å². The lowest BCUT2D eigenvalue weighted by molar-refractivity contribution is 0.0696. The summed E-state index contributed by atoms with van der Waals surface area (Å²) in [5, 5.41) is 14.3. The molecule has 0 radical (unpaired) electrons. The van der Waals surface area contributed by atoms with Crippen LogP contribution in [0.2, 0.25) is 10.2 Å². The molecule has 4 rings (SSSR count). The maximum Gasteiger partial charge on any atom is 0.335 e. The van der Waals surface area contributed by atoms with Gasteiger partial charge in [0.1, 0.15) is 5.15 Å². The number of carboxylic acid groups (broad SMARTS) is 1. The molecule has 0 amide bonds. The fraction of sp³-hybridized carbons (Fsp3) is 0.100. The van der Waals surface area contributed by atoms with E-state index in [0.29, 0.717) is 32.6 Å². The Morgan fingerprint density at radius 2 is 2.07 bits per heavy atom. The second kappa shape index (κ2) is 7.74. The van der Waals surface area contributed by atoms with Crippen molar-refractivity contribution in [1.29, 1.82) is 0 Å². The predicted molar refractivity (Wildman–Crippen MR) is 112 cm³/mol. The van der Waals surface area contributed by atoms with Crippen LogP contribution in [0.25, 0.3) is 16.6 Å². The molecular weight excluding hydrogens is 436 g/mol. The van der Waals surface area contributed by atoms with Crippen LogP contribution in [0.1, 0.15) is 17.3 Å². The number of aromatic carboxylic acids is 1. The topological polar surface area (TPSA) is 60.0 Å². The number of hydrogen-bond acceptors (Lipinski definition) is 3. The molecule has 0 spiro atoms. The van der Waals surface area contributed by atoms with Crippen molar-refractivity contribution in [2.45, 2.75) is 23.3 Å². The molecule has 0 fully saturated rings. The molecule has 0 unspecified atom stereocenters. The normalized spacial score (nSPS) is 11.3. The molecule has 0 aliphatic rings. The summed E-state index contributed by atoms with van der Waals surface area (Å²) in [5.41, 5.74) is 1.01. The van der Waals surface area contributed by atoms with E-state index in [4.69, 9.17) is 23.2 Å². The molecule has 148 valence electrons. The van der Waals surface area contributed by atoms with Crippen molar-refractivity contribution >= 4 is 51.8 Å². The number of benzene rings is 2. The molecule has 1 N–H and O–H groups in total. The van der Waals surface area contributed by atoms with Crippen LogP contribution in [0.5, 0.6) is 0 Å². The Morgan fingerprint density at radius 1 is 1.28 bits per heavy atom. The summed E-state index contributed by atoms with van der Waals surface area (Å²) in [6.45, 7) is 2.60.